The minimum atomic E-state index is -0.472. The second kappa shape index (κ2) is 6.62. The number of rotatable bonds is 4. The van der Waals surface area contributed by atoms with E-state index in [1.807, 2.05) is 0 Å². The van der Waals surface area contributed by atoms with Crippen molar-refractivity contribution in [2.75, 3.05) is 32.9 Å². The highest BCUT2D eigenvalue weighted by atomic mass is 19.1. The van der Waals surface area contributed by atoms with E-state index in [2.05, 4.69) is 0 Å². The number of hydrogen-bond acceptors (Lipinski definition) is 4. The van der Waals surface area contributed by atoms with Gasteiger partial charge in [0.15, 0.2) is 17.4 Å². The molecule has 0 aromatic heterocycles. The molecule has 0 atom stereocenters. The SMILES string of the molecule is O=C(CCOc1ccccc1F)N1CCC2(CC1)OCCO2. The third-order valence-corrected chi connectivity index (χ3v) is 4.10. The fourth-order valence-electron chi connectivity index (χ4n) is 2.85. The first-order valence-corrected chi connectivity index (χ1v) is 7.62. The lowest BCUT2D eigenvalue weighted by molar-refractivity contribution is -0.187. The Morgan fingerprint density at radius 3 is 2.59 bits per heavy atom. The minimum absolute atomic E-state index is 0.0178. The molecule has 0 bridgehead atoms. The van der Waals surface area contributed by atoms with Crippen LogP contribution < -0.4 is 4.74 Å². The summed E-state index contributed by atoms with van der Waals surface area (Å²) in [4.78, 5) is 13.9. The average Bonchev–Trinajstić information content (AvgIpc) is 2.98. The number of amides is 1. The Morgan fingerprint density at radius 2 is 1.91 bits per heavy atom. The van der Waals surface area contributed by atoms with Crippen LogP contribution in [0.3, 0.4) is 0 Å². The van der Waals surface area contributed by atoms with E-state index >= 15 is 0 Å². The van der Waals surface area contributed by atoms with Crippen molar-refractivity contribution in [2.24, 2.45) is 0 Å². The summed E-state index contributed by atoms with van der Waals surface area (Å²) in [5.41, 5.74) is 0. The maximum absolute atomic E-state index is 13.4. The molecule has 120 valence electrons. The lowest BCUT2D eigenvalue weighted by Crippen LogP contribution is -2.47. The number of carbonyl (C=O) groups is 1. The number of halogens is 1. The van der Waals surface area contributed by atoms with E-state index in [1.54, 1.807) is 23.1 Å². The lowest BCUT2D eigenvalue weighted by atomic mass is 10.0. The van der Waals surface area contributed by atoms with Crippen molar-refractivity contribution in [3.05, 3.63) is 30.1 Å². The molecule has 1 aromatic rings. The summed E-state index contributed by atoms with van der Waals surface area (Å²) in [6, 6.07) is 6.19. The highest BCUT2D eigenvalue weighted by molar-refractivity contribution is 5.76. The molecule has 6 heteroatoms. The molecule has 1 spiro atoms. The van der Waals surface area contributed by atoms with Crippen LogP contribution in [0.25, 0.3) is 0 Å². The van der Waals surface area contributed by atoms with Crippen LogP contribution in [-0.4, -0.2) is 49.5 Å². The number of carbonyl (C=O) groups excluding carboxylic acids is 1. The van der Waals surface area contributed by atoms with E-state index in [9.17, 15) is 9.18 Å². The van der Waals surface area contributed by atoms with E-state index in [1.165, 1.54) is 6.07 Å². The van der Waals surface area contributed by atoms with Crippen molar-refractivity contribution in [2.45, 2.75) is 25.0 Å². The van der Waals surface area contributed by atoms with Crippen molar-refractivity contribution in [3.63, 3.8) is 0 Å². The van der Waals surface area contributed by atoms with E-state index in [0.29, 0.717) is 39.1 Å². The molecule has 3 rings (SSSR count). The summed E-state index contributed by atoms with van der Waals surface area (Å²) < 4.78 is 30.0. The van der Waals surface area contributed by atoms with Crippen molar-refractivity contribution in [1.29, 1.82) is 0 Å². The molecule has 0 unspecified atom stereocenters. The van der Waals surface area contributed by atoms with Gasteiger partial charge in [-0.25, -0.2) is 4.39 Å². The molecule has 1 amide bonds. The van der Waals surface area contributed by atoms with Crippen LogP contribution in [0.15, 0.2) is 24.3 Å². The molecule has 0 saturated carbocycles. The first kappa shape index (κ1) is 15.2. The Balaban J connectivity index is 1.42. The van der Waals surface area contributed by atoms with Crippen LogP contribution in [0.5, 0.6) is 5.75 Å². The molecule has 1 aromatic carbocycles. The Morgan fingerprint density at radius 1 is 1.23 bits per heavy atom. The lowest BCUT2D eigenvalue weighted by Gasteiger charge is -2.37. The molecule has 2 saturated heterocycles. The van der Waals surface area contributed by atoms with Crippen LogP contribution >= 0.6 is 0 Å². The molecule has 0 radical (unpaired) electrons. The van der Waals surface area contributed by atoms with Crippen molar-refractivity contribution in [1.82, 2.24) is 4.90 Å². The number of para-hydroxylation sites is 1. The zero-order valence-electron chi connectivity index (χ0n) is 12.4. The number of nitrogens with zero attached hydrogens (tertiary/aromatic N) is 1. The summed E-state index contributed by atoms with van der Waals surface area (Å²) in [6.07, 6.45) is 1.64. The highest BCUT2D eigenvalue weighted by Crippen LogP contribution is 2.31. The van der Waals surface area contributed by atoms with E-state index in [4.69, 9.17) is 14.2 Å². The van der Waals surface area contributed by atoms with Crippen LogP contribution in [-0.2, 0) is 14.3 Å². The predicted molar refractivity (Wildman–Crippen MR) is 77.0 cm³/mol. The van der Waals surface area contributed by atoms with Gasteiger partial charge in [-0.1, -0.05) is 12.1 Å². The smallest absolute Gasteiger partial charge is 0.226 e. The molecular weight excluding hydrogens is 289 g/mol. The molecule has 5 nitrogen and oxygen atoms in total. The Labute approximate surface area is 128 Å². The van der Waals surface area contributed by atoms with Gasteiger partial charge in [0.25, 0.3) is 0 Å². The molecular formula is C16H20FNO4. The second-order valence-corrected chi connectivity index (χ2v) is 5.52. The van der Waals surface area contributed by atoms with Crippen molar-refractivity contribution < 1.29 is 23.4 Å². The second-order valence-electron chi connectivity index (χ2n) is 5.52. The monoisotopic (exact) mass is 309 g/mol. The number of benzene rings is 1. The number of likely N-dealkylation sites (tertiary alicyclic amines) is 1. The van der Waals surface area contributed by atoms with Crippen LogP contribution in [0, 0.1) is 5.82 Å². The number of ether oxygens (including phenoxy) is 3. The molecule has 0 N–H and O–H groups in total. The summed E-state index contributed by atoms with van der Waals surface area (Å²) in [7, 11) is 0. The van der Waals surface area contributed by atoms with Gasteiger partial charge in [-0.2, -0.15) is 0 Å². The summed E-state index contributed by atoms with van der Waals surface area (Å²) >= 11 is 0. The third kappa shape index (κ3) is 3.39. The molecule has 22 heavy (non-hydrogen) atoms. The van der Waals surface area contributed by atoms with Gasteiger partial charge in [0.1, 0.15) is 0 Å². The van der Waals surface area contributed by atoms with Crippen molar-refractivity contribution >= 4 is 5.91 Å². The summed E-state index contributed by atoms with van der Waals surface area (Å²) in [6.45, 7) is 2.68. The normalized spacial score (nSPS) is 20.3. The van der Waals surface area contributed by atoms with Gasteiger partial charge in [-0.15, -0.1) is 0 Å². The first-order valence-electron chi connectivity index (χ1n) is 7.62. The maximum atomic E-state index is 13.4. The topological polar surface area (TPSA) is 48.0 Å². The largest absolute Gasteiger partial charge is 0.490 e. The minimum Gasteiger partial charge on any atom is -0.490 e. The quantitative estimate of drug-likeness (QED) is 0.853. The van der Waals surface area contributed by atoms with Gasteiger partial charge in [0.2, 0.25) is 5.91 Å². The number of piperidine rings is 1. The standard InChI is InChI=1S/C16H20FNO4/c17-13-3-1-2-4-14(13)20-10-5-15(19)18-8-6-16(7-9-18)21-11-12-22-16/h1-4H,5-12H2. The molecule has 0 aliphatic carbocycles. The highest BCUT2D eigenvalue weighted by Gasteiger charge is 2.40. The molecule has 2 aliphatic heterocycles. The zero-order valence-corrected chi connectivity index (χ0v) is 12.4. The predicted octanol–water partition coefficient (Wildman–Crippen LogP) is 1.96. The summed E-state index contributed by atoms with van der Waals surface area (Å²) in [5.74, 6) is -0.685. The van der Waals surface area contributed by atoms with Crippen LogP contribution in [0.4, 0.5) is 4.39 Å². The van der Waals surface area contributed by atoms with Gasteiger partial charge in [0, 0.05) is 25.9 Å². The van der Waals surface area contributed by atoms with Gasteiger partial charge in [-0.05, 0) is 12.1 Å². The fourth-order valence-corrected chi connectivity index (χ4v) is 2.85. The zero-order chi connectivity index (χ0) is 15.4. The Hall–Kier alpha value is -1.66. The molecule has 2 heterocycles. The van der Waals surface area contributed by atoms with E-state index in [-0.39, 0.29) is 24.7 Å². The maximum Gasteiger partial charge on any atom is 0.226 e. The Bertz CT molecular complexity index is 521. The first-order chi connectivity index (χ1) is 10.7. The van der Waals surface area contributed by atoms with E-state index < -0.39 is 11.6 Å². The van der Waals surface area contributed by atoms with Crippen LogP contribution in [0.2, 0.25) is 0 Å². The molecule has 2 fully saturated rings. The fraction of sp³-hybridized carbons (Fsp3) is 0.562. The van der Waals surface area contributed by atoms with Gasteiger partial charge >= 0.3 is 0 Å². The van der Waals surface area contributed by atoms with Crippen LogP contribution in [0.1, 0.15) is 19.3 Å². The van der Waals surface area contributed by atoms with E-state index in [0.717, 1.165) is 0 Å². The number of hydrogen-bond donors (Lipinski definition) is 0. The average molecular weight is 309 g/mol. The summed E-state index contributed by atoms with van der Waals surface area (Å²) in [5, 5.41) is 0. The third-order valence-electron chi connectivity index (χ3n) is 4.10. The van der Waals surface area contributed by atoms with Gasteiger partial charge in [0.05, 0.1) is 26.2 Å². The van der Waals surface area contributed by atoms with Gasteiger partial charge < -0.3 is 19.1 Å². The Kier molecular flexibility index (Phi) is 4.59. The van der Waals surface area contributed by atoms with Gasteiger partial charge in [-0.3, -0.25) is 4.79 Å². The molecule has 2 aliphatic rings. The van der Waals surface area contributed by atoms with Crippen molar-refractivity contribution in [3.8, 4) is 5.75 Å².